The van der Waals surface area contributed by atoms with Gasteiger partial charge in [-0.2, -0.15) is 0 Å². The third kappa shape index (κ3) is 1.94. The summed E-state index contributed by atoms with van der Waals surface area (Å²) in [5.41, 5.74) is 3.02. The van der Waals surface area contributed by atoms with Crippen molar-refractivity contribution in [3.8, 4) is 0 Å². The fraction of sp³-hybridized carbons (Fsp3) is 0.308. The van der Waals surface area contributed by atoms with Crippen LogP contribution in [0.1, 0.15) is 12.5 Å². The molecule has 0 unspecified atom stereocenters. The number of rotatable bonds is 2. The van der Waals surface area contributed by atoms with Crippen molar-refractivity contribution in [1.29, 1.82) is 0 Å². The first-order chi connectivity index (χ1) is 7.72. The molecule has 0 atom stereocenters. The number of benzene rings is 1. The third-order valence-electron chi connectivity index (χ3n) is 2.64. The second kappa shape index (κ2) is 4.39. The number of carbonyl (C=O) groups excluding carboxylic acids is 1. The van der Waals surface area contributed by atoms with Crippen LogP contribution in [0.5, 0.6) is 0 Å². The molecule has 0 saturated carbocycles. The minimum absolute atomic E-state index is 0.219. The molecule has 1 aliphatic rings. The zero-order chi connectivity index (χ0) is 11.5. The average Bonchev–Trinajstić information content (AvgIpc) is 2.29. The van der Waals surface area contributed by atoms with E-state index in [9.17, 15) is 4.79 Å². The van der Waals surface area contributed by atoms with Crippen molar-refractivity contribution < 1.29 is 9.53 Å². The fourth-order valence-corrected chi connectivity index (χ4v) is 1.91. The van der Waals surface area contributed by atoms with Gasteiger partial charge in [0.1, 0.15) is 0 Å². The normalized spacial score (nSPS) is 14.1. The number of hydrogen-bond donors (Lipinski definition) is 0. The number of carbonyl (C=O) groups is 1. The molecule has 3 nitrogen and oxygen atoms in total. The van der Waals surface area contributed by atoms with Crippen LogP contribution in [-0.2, 0) is 16.0 Å². The van der Waals surface area contributed by atoms with Gasteiger partial charge in [0, 0.05) is 25.4 Å². The minimum Gasteiger partial charge on any atom is -0.463 e. The Morgan fingerprint density at radius 3 is 2.94 bits per heavy atom. The van der Waals surface area contributed by atoms with E-state index < -0.39 is 0 Å². The van der Waals surface area contributed by atoms with E-state index in [0.717, 1.165) is 11.3 Å². The molecule has 1 aromatic rings. The van der Waals surface area contributed by atoms with E-state index in [0.29, 0.717) is 18.6 Å². The molecule has 0 amide bonds. The summed E-state index contributed by atoms with van der Waals surface area (Å²) in [6, 6.07) is 8.07. The molecule has 0 spiro atoms. The van der Waals surface area contributed by atoms with Crippen molar-refractivity contribution in [2.45, 2.75) is 13.3 Å². The predicted molar refractivity (Wildman–Crippen MR) is 63.3 cm³/mol. The van der Waals surface area contributed by atoms with Crippen LogP contribution in [0.25, 0.3) is 0 Å². The van der Waals surface area contributed by atoms with Crippen molar-refractivity contribution in [2.24, 2.45) is 0 Å². The van der Waals surface area contributed by atoms with E-state index >= 15 is 0 Å². The molecular formula is C13H15NO2. The number of fused-ring (bicyclic) bond motifs is 1. The van der Waals surface area contributed by atoms with Crippen molar-refractivity contribution in [1.82, 2.24) is 0 Å². The van der Waals surface area contributed by atoms with Crippen LogP contribution in [0.2, 0.25) is 0 Å². The van der Waals surface area contributed by atoms with Gasteiger partial charge in [-0.3, -0.25) is 0 Å². The van der Waals surface area contributed by atoms with Crippen molar-refractivity contribution in [3.63, 3.8) is 0 Å². The summed E-state index contributed by atoms with van der Waals surface area (Å²) < 4.78 is 5.01. The predicted octanol–water partition coefficient (Wildman–Crippen LogP) is 2.13. The fourth-order valence-electron chi connectivity index (χ4n) is 1.91. The molecule has 0 radical (unpaired) electrons. The Kier molecular flexibility index (Phi) is 2.95. The highest BCUT2D eigenvalue weighted by Gasteiger charge is 2.19. The maximum Gasteiger partial charge on any atom is 0.335 e. The largest absolute Gasteiger partial charge is 0.463 e. The van der Waals surface area contributed by atoms with Gasteiger partial charge in [0.25, 0.3) is 0 Å². The summed E-state index contributed by atoms with van der Waals surface area (Å²) in [6.07, 6.45) is 2.50. The topological polar surface area (TPSA) is 29.5 Å². The SMILES string of the molecule is CCOC(=O)C1=CN(C)c2ccccc2C1. The van der Waals surface area contributed by atoms with Gasteiger partial charge in [0.2, 0.25) is 0 Å². The van der Waals surface area contributed by atoms with Crippen LogP contribution in [-0.4, -0.2) is 19.6 Å². The molecule has 0 fully saturated rings. The Hall–Kier alpha value is -1.77. The molecule has 1 aromatic carbocycles. The van der Waals surface area contributed by atoms with Gasteiger partial charge in [-0.05, 0) is 18.6 Å². The first-order valence-corrected chi connectivity index (χ1v) is 5.41. The molecular weight excluding hydrogens is 202 g/mol. The molecule has 16 heavy (non-hydrogen) atoms. The highest BCUT2D eigenvalue weighted by molar-refractivity contribution is 5.91. The maximum atomic E-state index is 11.6. The van der Waals surface area contributed by atoms with E-state index in [1.54, 1.807) is 0 Å². The molecule has 0 bridgehead atoms. The van der Waals surface area contributed by atoms with Crippen LogP contribution in [0.15, 0.2) is 36.0 Å². The zero-order valence-electron chi connectivity index (χ0n) is 9.56. The van der Waals surface area contributed by atoms with Crippen LogP contribution in [0, 0.1) is 0 Å². The summed E-state index contributed by atoms with van der Waals surface area (Å²) in [5.74, 6) is -0.219. The zero-order valence-corrected chi connectivity index (χ0v) is 9.56. The smallest absolute Gasteiger partial charge is 0.335 e. The Balaban J connectivity index is 2.26. The molecule has 0 aliphatic carbocycles. The quantitative estimate of drug-likeness (QED) is 0.711. The molecule has 0 N–H and O–H groups in total. The first-order valence-electron chi connectivity index (χ1n) is 5.41. The van der Waals surface area contributed by atoms with Gasteiger partial charge < -0.3 is 9.64 Å². The second-order valence-corrected chi connectivity index (χ2v) is 3.79. The van der Waals surface area contributed by atoms with Gasteiger partial charge in [0.15, 0.2) is 0 Å². The summed E-state index contributed by atoms with van der Waals surface area (Å²) >= 11 is 0. The number of para-hydroxylation sites is 1. The average molecular weight is 217 g/mol. The second-order valence-electron chi connectivity index (χ2n) is 3.79. The van der Waals surface area contributed by atoms with E-state index in [2.05, 4.69) is 0 Å². The summed E-state index contributed by atoms with van der Waals surface area (Å²) in [5, 5.41) is 0. The minimum atomic E-state index is -0.219. The molecule has 1 aliphatic heterocycles. The van der Waals surface area contributed by atoms with E-state index in [1.807, 2.05) is 49.3 Å². The van der Waals surface area contributed by atoms with E-state index in [4.69, 9.17) is 4.74 Å². The van der Waals surface area contributed by atoms with Gasteiger partial charge in [0.05, 0.1) is 12.2 Å². The van der Waals surface area contributed by atoms with Gasteiger partial charge in [-0.1, -0.05) is 18.2 Å². The highest BCUT2D eigenvalue weighted by atomic mass is 16.5. The monoisotopic (exact) mass is 217 g/mol. The van der Waals surface area contributed by atoms with E-state index in [1.165, 1.54) is 0 Å². The Bertz CT molecular complexity index is 437. The molecule has 1 heterocycles. The lowest BCUT2D eigenvalue weighted by molar-refractivity contribution is -0.138. The van der Waals surface area contributed by atoms with Crippen LogP contribution < -0.4 is 4.90 Å². The lowest BCUT2D eigenvalue weighted by Gasteiger charge is -2.24. The van der Waals surface area contributed by atoms with Crippen molar-refractivity contribution in [3.05, 3.63) is 41.6 Å². The highest BCUT2D eigenvalue weighted by Crippen LogP contribution is 2.27. The number of nitrogens with zero attached hydrogens (tertiary/aromatic N) is 1. The lowest BCUT2D eigenvalue weighted by atomic mass is 10.00. The first kappa shape index (κ1) is 10.7. The molecule has 0 saturated heterocycles. The van der Waals surface area contributed by atoms with Gasteiger partial charge in [-0.15, -0.1) is 0 Å². The van der Waals surface area contributed by atoms with Crippen molar-refractivity contribution in [2.75, 3.05) is 18.6 Å². The molecule has 2 rings (SSSR count). The summed E-state index contributed by atoms with van der Waals surface area (Å²) in [6.45, 7) is 2.24. The number of hydrogen-bond acceptors (Lipinski definition) is 3. The van der Waals surface area contributed by atoms with Gasteiger partial charge in [-0.25, -0.2) is 4.79 Å². The number of ether oxygens (including phenoxy) is 1. The van der Waals surface area contributed by atoms with Crippen LogP contribution in [0.4, 0.5) is 5.69 Å². The molecule has 84 valence electrons. The van der Waals surface area contributed by atoms with E-state index in [-0.39, 0.29) is 5.97 Å². The Morgan fingerprint density at radius 1 is 1.44 bits per heavy atom. The number of esters is 1. The number of anilines is 1. The Labute approximate surface area is 95.3 Å². The Morgan fingerprint density at radius 2 is 2.19 bits per heavy atom. The van der Waals surface area contributed by atoms with Crippen LogP contribution >= 0.6 is 0 Å². The third-order valence-corrected chi connectivity index (χ3v) is 2.64. The summed E-state index contributed by atoms with van der Waals surface area (Å²) in [4.78, 5) is 13.6. The lowest BCUT2D eigenvalue weighted by Crippen LogP contribution is -2.21. The molecule has 3 heteroatoms. The van der Waals surface area contributed by atoms with Crippen LogP contribution in [0.3, 0.4) is 0 Å². The maximum absolute atomic E-state index is 11.6. The summed E-state index contributed by atoms with van der Waals surface area (Å²) in [7, 11) is 1.94. The standard InChI is InChI=1S/C13H15NO2/c1-3-16-13(15)11-8-10-6-4-5-7-12(10)14(2)9-11/h4-7,9H,3,8H2,1-2H3. The molecule has 0 aromatic heterocycles. The van der Waals surface area contributed by atoms with Crippen molar-refractivity contribution >= 4 is 11.7 Å². The van der Waals surface area contributed by atoms with Gasteiger partial charge >= 0.3 is 5.97 Å².